The molecule has 0 amide bonds. The molecular weight excluding hydrogens is 308 g/mol. The summed E-state index contributed by atoms with van der Waals surface area (Å²) in [5.74, 6) is 0.644. The van der Waals surface area contributed by atoms with Gasteiger partial charge in [0, 0.05) is 12.1 Å². The van der Waals surface area contributed by atoms with Crippen molar-refractivity contribution in [3.63, 3.8) is 0 Å². The van der Waals surface area contributed by atoms with Crippen molar-refractivity contribution in [2.75, 3.05) is 7.05 Å². The molecule has 19 heavy (non-hydrogen) atoms. The molecule has 0 aromatic heterocycles. The SMILES string of the molecule is CNC(CCc1cccc([N+](=O)[O-])c1Br)CC(C)C. The van der Waals surface area contributed by atoms with Gasteiger partial charge in [-0.1, -0.05) is 26.0 Å². The minimum absolute atomic E-state index is 0.141. The number of nitrogens with one attached hydrogen (secondary N) is 1. The molecule has 1 rings (SSSR count). The maximum Gasteiger partial charge on any atom is 0.283 e. The van der Waals surface area contributed by atoms with Gasteiger partial charge in [0.2, 0.25) is 0 Å². The number of nitro groups is 1. The van der Waals surface area contributed by atoms with Gasteiger partial charge in [0.15, 0.2) is 0 Å². The fourth-order valence-electron chi connectivity index (χ4n) is 2.18. The molecular formula is C14H21BrN2O2. The molecule has 0 saturated heterocycles. The molecule has 0 spiro atoms. The molecule has 1 aromatic carbocycles. The first kappa shape index (κ1) is 16.1. The normalized spacial score (nSPS) is 12.7. The van der Waals surface area contributed by atoms with E-state index in [4.69, 9.17) is 0 Å². The molecule has 1 aromatic rings. The standard InChI is InChI=1S/C14H21BrN2O2/c1-10(2)9-12(16-3)8-7-11-5-4-6-13(14(11)15)17(18)19/h4-6,10,12,16H,7-9H2,1-3H3. The van der Waals surface area contributed by atoms with Crippen molar-refractivity contribution >= 4 is 21.6 Å². The van der Waals surface area contributed by atoms with E-state index >= 15 is 0 Å². The fraction of sp³-hybridized carbons (Fsp3) is 0.571. The van der Waals surface area contributed by atoms with E-state index in [1.165, 1.54) is 6.07 Å². The second-order valence-electron chi connectivity index (χ2n) is 5.16. The Morgan fingerprint density at radius 1 is 1.42 bits per heavy atom. The average molecular weight is 329 g/mol. The summed E-state index contributed by atoms with van der Waals surface area (Å²) < 4.78 is 0.611. The number of aryl methyl sites for hydroxylation is 1. The van der Waals surface area contributed by atoms with Crippen LogP contribution in [0.1, 0.15) is 32.3 Å². The van der Waals surface area contributed by atoms with Crippen LogP contribution < -0.4 is 5.32 Å². The Hall–Kier alpha value is -0.940. The maximum absolute atomic E-state index is 10.9. The summed E-state index contributed by atoms with van der Waals surface area (Å²) in [6.07, 6.45) is 2.93. The van der Waals surface area contributed by atoms with Crippen LogP contribution in [0.15, 0.2) is 22.7 Å². The number of hydrogen-bond acceptors (Lipinski definition) is 3. The van der Waals surface area contributed by atoms with Crippen molar-refractivity contribution in [2.45, 2.75) is 39.2 Å². The van der Waals surface area contributed by atoms with E-state index in [1.807, 2.05) is 13.1 Å². The monoisotopic (exact) mass is 328 g/mol. The zero-order valence-corrected chi connectivity index (χ0v) is 13.2. The Bertz CT molecular complexity index is 435. The summed E-state index contributed by atoms with van der Waals surface area (Å²) >= 11 is 3.34. The molecule has 0 radical (unpaired) electrons. The van der Waals surface area contributed by atoms with Crippen LogP contribution in [0.3, 0.4) is 0 Å². The third kappa shape index (κ3) is 4.91. The molecule has 4 nitrogen and oxygen atoms in total. The van der Waals surface area contributed by atoms with Crippen LogP contribution in [-0.2, 0) is 6.42 Å². The third-order valence-corrected chi connectivity index (χ3v) is 4.10. The van der Waals surface area contributed by atoms with Gasteiger partial charge in [-0.2, -0.15) is 0 Å². The molecule has 0 aliphatic carbocycles. The topological polar surface area (TPSA) is 55.2 Å². The van der Waals surface area contributed by atoms with E-state index in [2.05, 4.69) is 35.1 Å². The van der Waals surface area contributed by atoms with Gasteiger partial charge in [0.1, 0.15) is 0 Å². The molecule has 0 bridgehead atoms. The predicted molar refractivity (Wildman–Crippen MR) is 81.4 cm³/mol. The summed E-state index contributed by atoms with van der Waals surface area (Å²) in [7, 11) is 1.97. The average Bonchev–Trinajstić information content (AvgIpc) is 2.35. The summed E-state index contributed by atoms with van der Waals surface area (Å²) in [4.78, 5) is 10.5. The number of benzene rings is 1. The number of hydrogen-bond donors (Lipinski definition) is 1. The molecule has 1 N–H and O–H groups in total. The molecule has 0 saturated carbocycles. The van der Waals surface area contributed by atoms with Crippen LogP contribution in [-0.4, -0.2) is 18.0 Å². The largest absolute Gasteiger partial charge is 0.317 e. The zero-order chi connectivity index (χ0) is 14.4. The number of nitrogens with zero attached hydrogens (tertiary/aromatic N) is 1. The van der Waals surface area contributed by atoms with Crippen LogP contribution in [0.5, 0.6) is 0 Å². The van der Waals surface area contributed by atoms with Crippen molar-refractivity contribution in [2.24, 2.45) is 5.92 Å². The van der Waals surface area contributed by atoms with Gasteiger partial charge in [0.05, 0.1) is 9.40 Å². The van der Waals surface area contributed by atoms with Crippen molar-refractivity contribution in [3.8, 4) is 0 Å². The minimum atomic E-state index is -0.350. The summed E-state index contributed by atoms with van der Waals surface area (Å²) in [6, 6.07) is 5.66. The van der Waals surface area contributed by atoms with Crippen molar-refractivity contribution in [3.05, 3.63) is 38.3 Å². The molecule has 1 unspecified atom stereocenters. The Labute approximate surface area is 122 Å². The second kappa shape index (κ2) is 7.60. The third-order valence-electron chi connectivity index (χ3n) is 3.18. The number of nitro benzene ring substituents is 1. The Balaban J connectivity index is 2.72. The molecule has 5 heteroatoms. The van der Waals surface area contributed by atoms with Gasteiger partial charge in [-0.3, -0.25) is 10.1 Å². The lowest BCUT2D eigenvalue weighted by molar-refractivity contribution is -0.385. The highest BCUT2D eigenvalue weighted by molar-refractivity contribution is 9.10. The van der Waals surface area contributed by atoms with Crippen LogP contribution in [0.2, 0.25) is 0 Å². The van der Waals surface area contributed by atoms with Gasteiger partial charge in [-0.25, -0.2) is 0 Å². The fourth-order valence-corrected chi connectivity index (χ4v) is 2.79. The molecule has 0 aliphatic rings. The lowest BCUT2D eigenvalue weighted by Crippen LogP contribution is -2.27. The molecule has 0 heterocycles. The summed E-state index contributed by atoms with van der Waals surface area (Å²) in [5, 5.41) is 14.2. The van der Waals surface area contributed by atoms with E-state index < -0.39 is 0 Å². The molecule has 0 fully saturated rings. The van der Waals surface area contributed by atoms with Gasteiger partial charge >= 0.3 is 0 Å². The van der Waals surface area contributed by atoms with Gasteiger partial charge < -0.3 is 5.32 Å². The first-order valence-electron chi connectivity index (χ1n) is 6.54. The van der Waals surface area contributed by atoms with Crippen LogP contribution >= 0.6 is 15.9 Å². The van der Waals surface area contributed by atoms with Crippen LogP contribution in [0.25, 0.3) is 0 Å². The van der Waals surface area contributed by atoms with Crippen molar-refractivity contribution in [1.82, 2.24) is 5.32 Å². The van der Waals surface area contributed by atoms with Gasteiger partial charge in [-0.15, -0.1) is 0 Å². The van der Waals surface area contributed by atoms with E-state index in [0.29, 0.717) is 16.4 Å². The van der Waals surface area contributed by atoms with E-state index in [9.17, 15) is 10.1 Å². The number of halogens is 1. The Morgan fingerprint density at radius 3 is 2.63 bits per heavy atom. The van der Waals surface area contributed by atoms with Crippen molar-refractivity contribution < 1.29 is 4.92 Å². The first-order valence-corrected chi connectivity index (χ1v) is 7.34. The highest BCUT2D eigenvalue weighted by Crippen LogP contribution is 2.29. The smallest absolute Gasteiger partial charge is 0.283 e. The molecule has 0 aliphatic heterocycles. The van der Waals surface area contributed by atoms with E-state index in [1.54, 1.807) is 6.07 Å². The quantitative estimate of drug-likeness (QED) is 0.609. The highest BCUT2D eigenvalue weighted by Gasteiger charge is 2.16. The summed E-state index contributed by atoms with van der Waals surface area (Å²) in [6.45, 7) is 4.40. The number of rotatable bonds is 7. The molecule has 1 atom stereocenters. The molecule has 106 valence electrons. The second-order valence-corrected chi connectivity index (χ2v) is 5.95. The highest BCUT2D eigenvalue weighted by atomic mass is 79.9. The lowest BCUT2D eigenvalue weighted by atomic mass is 9.97. The Kier molecular flexibility index (Phi) is 6.45. The van der Waals surface area contributed by atoms with E-state index in [0.717, 1.165) is 24.8 Å². The van der Waals surface area contributed by atoms with Crippen molar-refractivity contribution in [1.29, 1.82) is 0 Å². The maximum atomic E-state index is 10.9. The lowest BCUT2D eigenvalue weighted by Gasteiger charge is -2.18. The van der Waals surface area contributed by atoms with Crippen LogP contribution in [0.4, 0.5) is 5.69 Å². The Morgan fingerprint density at radius 2 is 2.11 bits per heavy atom. The zero-order valence-electron chi connectivity index (χ0n) is 11.6. The van der Waals surface area contributed by atoms with Gasteiger partial charge in [-0.05, 0) is 53.7 Å². The van der Waals surface area contributed by atoms with E-state index in [-0.39, 0.29) is 10.6 Å². The minimum Gasteiger partial charge on any atom is -0.317 e. The summed E-state index contributed by atoms with van der Waals surface area (Å²) in [5.41, 5.74) is 1.14. The first-order chi connectivity index (χ1) is 8.95. The van der Waals surface area contributed by atoms with Crippen LogP contribution in [0, 0.1) is 16.0 Å². The van der Waals surface area contributed by atoms with Gasteiger partial charge in [0.25, 0.3) is 5.69 Å². The predicted octanol–water partition coefficient (Wildman–Crippen LogP) is 3.92.